The van der Waals surface area contributed by atoms with Gasteiger partial charge >= 0.3 is 0 Å². The van der Waals surface area contributed by atoms with Crippen LogP contribution < -0.4 is 4.74 Å². The largest absolute Gasteiger partial charge is 0.496 e. The first-order chi connectivity index (χ1) is 6.24. The molecule has 0 aliphatic heterocycles. The van der Waals surface area contributed by atoms with Gasteiger partial charge in [-0.2, -0.15) is 0 Å². The van der Waals surface area contributed by atoms with Crippen molar-refractivity contribution >= 4 is 44.0 Å². The zero-order valence-electron chi connectivity index (χ0n) is 7.43. The molecule has 0 amide bonds. The molecule has 0 aliphatic carbocycles. The van der Waals surface area contributed by atoms with E-state index in [-0.39, 0.29) is 0 Å². The second-order valence-corrected chi connectivity index (χ2v) is 4.91. The fourth-order valence-corrected chi connectivity index (χ4v) is 3.21. The van der Waals surface area contributed by atoms with Crippen molar-refractivity contribution in [1.82, 2.24) is 0 Å². The van der Waals surface area contributed by atoms with Gasteiger partial charge in [0.25, 0.3) is 0 Å². The molecular formula is C10H9IOS. The SMILES string of the molecule is COc1ccc(I)c2scc(C)c12. The molecule has 13 heavy (non-hydrogen) atoms. The molecular weight excluding hydrogens is 295 g/mol. The van der Waals surface area contributed by atoms with E-state index in [4.69, 9.17) is 4.74 Å². The maximum absolute atomic E-state index is 5.32. The number of rotatable bonds is 1. The fourth-order valence-electron chi connectivity index (χ4n) is 1.40. The molecule has 0 N–H and O–H groups in total. The molecule has 0 atom stereocenters. The van der Waals surface area contributed by atoms with Gasteiger partial charge in [0.2, 0.25) is 0 Å². The first-order valence-electron chi connectivity index (χ1n) is 3.94. The number of hydrogen-bond acceptors (Lipinski definition) is 2. The third-order valence-corrected chi connectivity index (χ3v) is 4.44. The number of fused-ring (bicyclic) bond motifs is 1. The van der Waals surface area contributed by atoms with Crippen molar-refractivity contribution in [1.29, 1.82) is 0 Å². The summed E-state index contributed by atoms with van der Waals surface area (Å²) in [6, 6.07) is 4.13. The number of aryl methyl sites for hydroxylation is 1. The summed E-state index contributed by atoms with van der Waals surface area (Å²) >= 11 is 4.14. The predicted molar refractivity (Wildman–Crippen MR) is 65.8 cm³/mol. The van der Waals surface area contributed by atoms with Gasteiger partial charge in [-0.25, -0.2) is 0 Å². The third-order valence-electron chi connectivity index (χ3n) is 2.04. The molecule has 0 bridgehead atoms. The molecule has 1 aromatic carbocycles. The molecule has 0 fully saturated rings. The van der Waals surface area contributed by atoms with Gasteiger partial charge in [-0.1, -0.05) is 0 Å². The van der Waals surface area contributed by atoms with E-state index in [1.807, 2.05) is 6.07 Å². The van der Waals surface area contributed by atoms with Crippen molar-refractivity contribution in [3.8, 4) is 5.75 Å². The Labute approximate surface area is 94.9 Å². The molecule has 3 heteroatoms. The molecule has 2 aromatic rings. The highest BCUT2D eigenvalue weighted by Gasteiger charge is 2.08. The zero-order chi connectivity index (χ0) is 9.42. The number of ether oxygens (including phenoxy) is 1. The van der Waals surface area contributed by atoms with E-state index in [1.54, 1.807) is 18.4 Å². The van der Waals surface area contributed by atoms with Gasteiger partial charge in [-0.05, 0) is 52.6 Å². The maximum Gasteiger partial charge on any atom is 0.127 e. The molecule has 68 valence electrons. The Bertz CT molecular complexity index is 447. The van der Waals surface area contributed by atoms with E-state index in [2.05, 4.69) is 41.0 Å². The lowest BCUT2D eigenvalue weighted by atomic mass is 10.2. The summed E-state index contributed by atoms with van der Waals surface area (Å²) in [4.78, 5) is 0. The average molecular weight is 304 g/mol. The number of thiophene rings is 1. The first kappa shape index (κ1) is 9.27. The molecule has 1 heterocycles. The molecule has 1 nitrogen and oxygen atoms in total. The van der Waals surface area contributed by atoms with Crippen molar-refractivity contribution < 1.29 is 4.74 Å². The Kier molecular flexibility index (Phi) is 2.47. The van der Waals surface area contributed by atoms with Crippen LogP contribution in [0.15, 0.2) is 17.5 Å². The quantitative estimate of drug-likeness (QED) is 0.728. The first-order valence-corrected chi connectivity index (χ1v) is 5.90. The topological polar surface area (TPSA) is 9.23 Å². The maximum atomic E-state index is 5.32. The highest BCUT2D eigenvalue weighted by Crippen LogP contribution is 2.36. The number of halogens is 1. The molecule has 0 spiro atoms. The Morgan fingerprint density at radius 3 is 2.85 bits per heavy atom. The fraction of sp³-hybridized carbons (Fsp3) is 0.200. The number of benzene rings is 1. The normalized spacial score (nSPS) is 10.7. The lowest BCUT2D eigenvalue weighted by molar-refractivity contribution is 0.419. The third kappa shape index (κ3) is 1.44. The Morgan fingerprint density at radius 1 is 1.38 bits per heavy atom. The molecule has 0 aliphatic rings. The van der Waals surface area contributed by atoms with E-state index in [1.165, 1.54) is 19.2 Å². The second kappa shape index (κ2) is 3.46. The van der Waals surface area contributed by atoms with Crippen molar-refractivity contribution in [2.24, 2.45) is 0 Å². The van der Waals surface area contributed by atoms with Gasteiger partial charge < -0.3 is 4.74 Å². The second-order valence-electron chi connectivity index (χ2n) is 2.87. The zero-order valence-corrected chi connectivity index (χ0v) is 10.4. The molecule has 0 radical (unpaired) electrons. The molecule has 1 aromatic heterocycles. The molecule has 2 rings (SSSR count). The molecule has 0 unspecified atom stereocenters. The van der Waals surface area contributed by atoms with Crippen LogP contribution in [0, 0.1) is 10.5 Å². The summed E-state index contributed by atoms with van der Waals surface area (Å²) in [7, 11) is 1.72. The predicted octanol–water partition coefficient (Wildman–Crippen LogP) is 3.82. The van der Waals surface area contributed by atoms with Crippen LogP contribution >= 0.6 is 33.9 Å². The van der Waals surface area contributed by atoms with Gasteiger partial charge in [0, 0.05) is 8.96 Å². The summed E-state index contributed by atoms with van der Waals surface area (Å²) in [6.45, 7) is 2.12. The van der Waals surface area contributed by atoms with Crippen LogP contribution in [0.5, 0.6) is 5.75 Å². The molecule has 0 saturated carbocycles. The van der Waals surface area contributed by atoms with Crippen LogP contribution in [0.2, 0.25) is 0 Å². The van der Waals surface area contributed by atoms with E-state index in [0.29, 0.717) is 0 Å². The Balaban J connectivity index is 2.88. The minimum Gasteiger partial charge on any atom is -0.496 e. The summed E-state index contributed by atoms with van der Waals surface area (Å²) in [6.07, 6.45) is 0. The van der Waals surface area contributed by atoms with Crippen LogP contribution in [-0.4, -0.2) is 7.11 Å². The van der Waals surface area contributed by atoms with Crippen molar-refractivity contribution in [3.63, 3.8) is 0 Å². The van der Waals surface area contributed by atoms with Crippen LogP contribution in [-0.2, 0) is 0 Å². The highest BCUT2D eigenvalue weighted by atomic mass is 127. The summed E-state index contributed by atoms with van der Waals surface area (Å²) in [5, 5.41) is 3.44. The smallest absolute Gasteiger partial charge is 0.127 e. The Morgan fingerprint density at radius 2 is 2.15 bits per heavy atom. The summed E-state index contributed by atoms with van der Waals surface area (Å²) < 4.78 is 7.95. The van der Waals surface area contributed by atoms with Gasteiger partial charge in [-0.15, -0.1) is 11.3 Å². The Hall–Kier alpha value is -0.290. The minimum absolute atomic E-state index is 0.981. The van der Waals surface area contributed by atoms with Gasteiger partial charge in [0.1, 0.15) is 5.75 Å². The minimum atomic E-state index is 0.981. The van der Waals surface area contributed by atoms with Crippen molar-refractivity contribution in [2.75, 3.05) is 7.11 Å². The van der Waals surface area contributed by atoms with E-state index >= 15 is 0 Å². The highest BCUT2D eigenvalue weighted by molar-refractivity contribution is 14.1. The van der Waals surface area contributed by atoms with Crippen LogP contribution in [0.3, 0.4) is 0 Å². The lowest BCUT2D eigenvalue weighted by Crippen LogP contribution is -1.84. The summed E-state index contributed by atoms with van der Waals surface area (Å²) in [5.74, 6) is 0.981. The van der Waals surface area contributed by atoms with Gasteiger partial charge in [0.15, 0.2) is 0 Å². The van der Waals surface area contributed by atoms with Gasteiger partial charge in [0.05, 0.1) is 11.8 Å². The standard InChI is InChI=1S/C10H9IOS/c1-6-5-13-10-7(11)3-4-8(12-2)9(6)10/h3-5H,1-2H3. The van der Waals surface area contributed by atoms with E-state index < -0.39 is 0 Å². The number of methoxy groups -OCH3 is 1. The van der Waals surface area contributed by atoms with Crippen LogP contribution in [0.1, 0.15) is 5.56 Å². The average Bonchev–Trinajstić information content (AvgIpc) is 2.51. The monoisotopic (exact) mass is 304 g/mol. The van der Waals surface area contributed by atoms with Crippen molar-refractivity contribution in [2.45, 2.75) is 6.92 Å². The van der Waals surface area contributed by atoms with E-state index in [0.717, 1.165) is 5.75 Å². The van der Waals surface area contributed by atoms with Gasteiger partial charge in [-0.3, -0.25) is 0 Å². The van der Waals surface area contributed by atoms with Crippen LogP contribution in [0.25, 0.3) is 10.1 Å². The molecule has 0 saturated heterocycles. The van der Waals surface area contributed by atoms with Crippen LogP contribution in [0.4, 0.5) is 0 Å². The van der Waals surface area contributed by atoms with E-state index in [9.17, 15) is 0 Å². The lowest BCUT2D eigenvalue weighted by Gasteiger charge is -2.03. The number of hydrogen-bond donors (Lipinski definition) is 0. The van der Waals surface area contributed by atoms with Crippen molar-refractivity contribution in [3.05, 3.63) is 26.6 Å². The summed E-state index contributed by atoms with van der Waals surface area (Å²) in [5.41, 5.74) is 1.30.